The molecular weight excluding hydrogens is 331 g/mol. The number of imidazole rings is 1. The van der Waals surface area contributed by atoms with Crippen LogP contribution in [0.25, 0.3) is 0 Å². The predicted octanol–water partition coefficient (Wildman–Crippen LogP) is 3.69. The van der Waals surface area contributed by atoms with Gasteiger partial charge in [-0.15, -0.1) is 0 Å². The molecule has 3 N–H and O–H groups in total. The van der Waals surface area contributed by atoms with Crippen molar-refractivity contribution in [2.24, 2.45) is 0 Å². The van der Waals surface area contributed by atoms with Crippen molar-refractivity contribution in [3.05, 3.63) is 53.1 Å². The van der Waals surface area contributed by atoms with E-state index in [-0.39, 0.29) is 12.1 Å². The molecule has 1 aromatic carbocycles. The van der Waals surface area contributed by atoms with Crippen LogP contribution in [0, 0.1) is 0 Å². The van der Waals surface area contributed by atoms with Crippen LogP contribution in [0.15, 0.2) is 30.5 Å². The zero-order valence-corrected chi connectivity index (χ0v) is 14.2. The van der Waals surface area contributed by atoms with Gasteiger partial charge in [-0.3, -0.25) is 0 Å². The van der Waals surface area contributed by atoms with Gasteiger partial charge in [0.25, 0.3) is 0 Å². The number of alkyl halides is 3. The van der Waals surface area contributed by atoms with Crippen LogP contribution in [0.4, 0.5) is 13.2 Å². The molecule has 25 heavy (non-hydrogen) atoms. The predicted molar refractivity (Wildman–Crippen MR) is 87.9 cm³/mol. The number of hydrogen-bond donors (Lipinski definition) is 3. The maximum Gasteiger partial charge on any atom is 0.416 e. The SMILES string of the molecule is CCc1c[nH]c([C@@H]2CC(O)(c3ccc(C(F)(F)F)cc3)C[C@H](C)N2)n1. The van der Waals surface area contributed by atoms with Crippen molar-refractivity contribution < 1.29 is 18.3 Å². The minimum absolute atomic E-state index is 0.00113. The van der Waals surface area contributed by atoms with Gasteiger partial charge < -0.3 is 15.4 Å². The summed E-state index contributed by atoms with van der Waals surface area (Å²) in [6, 6.07) is 4.61. The molecule has 136 valence electrons. The van der Waals surface area contributed by atoms with E-state index in [2.05, 4.69) is 15.3 Å². The van der Waals surface area contributed by atoms with Gasteiger partial charge in [0, 0.05) is 18.7 Å². The lowest BCUT2D eigenvalue weighted by Crippen LogP contribution is -2.47. The first-order chi connectivity index (χ1) is 11.7. The van der Waals surface area contributed by atoms with Gasteiger partial charge >= 0.3 is 6.18 Å². The van der Waals surface area contributed by atoms with Crippen LogP contribution >= 0.6 is 0 Å². The van der Waals surface area contributed by atoms with Crippen LogP contribution in [0.2, 0.25) is 0 Å². The molecule has 0 spiro atoms. The number of piperidine rings is 1. The molecule has 0 bridgehead atoms. The Balaban J connectivity index is 1.86. The third kappa shape index (κ3) is 3.72. The number of H-pyrrole nitrogens is 1. The summed E-state index contributed by atoms with van der Waals surface area (Å²) in [5, 5.41) is 14.5. The first-order valence-corrected chi connectivity index (χ1v) is 8.41. The third-order valence-electron chi connectivity index (χ3n) is 4.76. The van der Waals surface area contributed by atoms with Crippen LogP contribution in [0.5, 0.6) is 0 Å². The van der Waals surface area contributed by atoms with Crippen LogP contribution in [-0.4, -0.2) is 21.1 Å². The van der Waals surface area contributed by atoms with Gasteiger partial charge in [-0.2, -0.15) is 13.2 Å². The molecule has 3 atom stereocenters. The maximum absolute atomic E-state index is 12.8. The van der Waals surface area contributed by atoms with Gasteiger partial charge in [-0.25, -0.2) is 4.98 Å². The minimum Gasteiger partial charge on any atom is -0.385 e. The molecule has 0 aliphatic carbocycles. The number of aryl methyl sites for hydroxylation is 1. The van der Waals surface area contributed by atoms with Crippen molar-refractivity contribution in [3.8, 4) is 0 Å². The molecule has 0 radical (unpaired) electrons. The van der Waals surface area contributed by atoms with Crippen molar-refractivity contribution in [2.75, 3.05) is 0 Å². The summed E-state index contributed by atoms with van der Waals surface area (Å²) in [5.41, 5.74) is -0.468. The molecule has 1 unspecified atom stereocenters. The molecule has 1 aliphatic heterocycles. The van der Waals surface area contributed by atoms with Gasteiger partial charge in [-0.1, -0.05) is 19.1 Å². The van der Waals surface area contributed by atoms with E-state index in [1.807, 2.05) is 20.0 Å². The Hall–Kier alpha value is -1.86. The lowest BCUT2D eigenvalue weighted by molar-refractivity contribution is -0.137. The van der Waals surface area contributed by atoms with Gasteiger partial charge in [0.1, 0.15) is 5.82 Å². The van der Waals surface area contributed by atoms with Crippen molar-refractivity contribution in [2.45, 2.75) is 57.0 Å². The highest BCUT2D eigenvalue weighted by Crippen LogP contribution is 2.40. The van der Waals surface area contributed by atoms with Crippen LogP contribution in [-0.2, 0) is 18.2 Å². The monoisotopic (exact) mass is 353 g/mol. The van der Waals surface area contributed by atoms with E-state index in [0.29, 0.717) is 18.4 Å². The second kappa shape index (κ2) is 6.46. The molecule has 3 rings (SSSR count). The van der Waals surface area contributed by atoms with Crippen LogP contribution in [0.1, 0.15) is 55.4 Å². The minimum atomic E-state index is -4.38. The van der Waals surface area contributed by atoms with Crippen LogP contribution < -0.4 is 5.32 Å². The Bertz CT molecular complexity index is 726. The Morgan fingerprint density at radius 2 is 1.92 bits per heavy atom. The molecule has 2 heterocycles. The second-order valence-corrected chi connectivity index (χ2v) is 6.77. The zero-order valence-electron chi connectivity index (χ0n) is 14.2. The highest BCUT2D eigenvalue weighted by molar-refractivity contribution is 5.30. The summed E-state index contributed by atoms with van der Waals surface area (Å²) in [4.78, 5) is 7.65. The quantitative estimate of drug-likeness (QED) is 0.789. The van der Waals surface area contributed by atoms with Gasteiger partial charge in [-0.05, 0) is 37.5 Å². The van der Waals surface area contributed by atoms with Crippen molar-refractivity contribution in [3.63, 3.8) is 0 Å². The average Bonchev–Trinajstić information content (AvgIpc) is 3.02. The van der Waals surface area contributed by atoms with E-state index in [4.69, 9.17) is 0 Å². The fourth-order valence-corrected chi connectivity index (χ4v) is 3.51. The Morgan fingerprint density at radius 1 is 1.24 bits per heavy atom. The van der Waals surface area contributed by atoms with Crippen molar-refractivity contribution in [1.29, 1.82) is 0 Å². The molecule has 0 amide bonds. The summed E-state index contributed by atoms with van der Waals surface area (Å²) in [7, 11) is 0. The highest BCUT2D eigenvalue weighted by Gasteiger charge is 2.40. The van der Waals surface area contributed by atoms with Gasteiger partial charge in [0.2, 0.25) is 0 Å². The summed E-state index contributed by atoms with van der Waals surface area (Å²) in [6.45, 7) is 3.96. The topological polar surface area (TPSA) is 60.9 Å². The number of benzene rings is 1. The van der Waals surface area contributed by atoms with Gasteiger partial charge in [0.15, 0.2) is 0 Å². The maximum atomic E-state index is 12.8. The lowest BCUT2D eigenvalue weighted by atomic mass is 9.78. The Kier molecular flexibility index (Phi) is 4.64. The summed E-state index contributed by atoms with van der Waals surface area (Å²) in [5.74, 6) is 0.744. The van der Waals surface area contributed by atoms with E-state index in [0.717, 1.165) is 30.1 Å². The molecule has 1 saturated heterocycles. The first kappa shape index (κ1) is 17.9. The number of rotatable bonds is 3. The fraction of sp³-hybridized carbons (Fsp3) is 0.500. The first-order valence-electron chi connectivity index (χ1n) is 8.41. The lowest BCUT2D eigenvalue weighted by Gasteiger charge is -2.40. The highest BCUT2D eigenvalue weighted by atomic mass is 19.4. The number of aromatic nitrogens is 2. The molecule has 0 saturated carbocycles. The average molecular weight is 353 g/mol. The number of nitrogens with zero attached hydrogens (tertiary/aromatic N) is 1. The molecule has 7 heteroatoms. The van der Waals surface area contributed by atoms with E-state index in [1.165, 1.54) is 12.1 Å². The zero-order chi connectivity index (χ0) is 18.2. The van der Waals surface area contributed by atoms with Crippen molar-refractivity contribution in [1.82, 2.24) is 15.3 Å². The van der Waals surface area contributed by atoms with Gasteiger partial charge in [0.05, 0.1) is 22.9 Å². The van der Waals surface area contributed by atoms with Crippen molar-refractivity contribution >= 4 is 0 Å². The molecule has 1 fully saturated rings. The summed E-state index contributed by atoms with van der Waals surface area (Å²) >= 11 is 0. The Labute approximate surface area is 144 Å². The summed E-state index contributed by atoms with van der Waals surface area (Å²) in [6.07, 6.45) is -0.958. The second-order valence-electron chi connectivity index (χ2n) is 6.77. The Morgan fingerprint density at radius 3 is 2.48 bits per heavy atom. The molecule has 1 aromatic heterocycles. The number of hydrogen-bond acceptors (Lipinski definition) is 3. The fourth-order valence-electron chi connectivity index (χ4n) is 3.51. The van der Waals surface area contributed by atoms with Crippen LogP contribution in [0.3, 0.4) is 0 Å². The van der Waals surface area contributed by atoms with E-state index < -0.39 is 17.3 Å². The van der Waals surface area contributed by atoms with E-state index in [9.17, 15) is 18.3 Å². The molecule has 4 nitrogen and oxygen atoms in total. The smallest absolute Gasteiger partial charge is 0.385 e. The van der Waals surface area contributed by atoms with E-state index >= 15 is 0 Å². The standard InChI is InChI=1S/C18H22F3N3O/c1-3-14-10-22-16(24-14)15-9-17(25,8-11(2)23-15)12-4-6-13(7-5-12)18(19,20)21/h4-7,10-11,15,23,25H,3,8-9H2,1-2H3,(H,22,24)/t11-,15-,17?/m0/s1. The molecule has 1 aliphatic rings. The van der Waals surface area contributed by atoms with E-state index in [1.54, 1.807) is 0 Å². The number of halogens is 3. The number of aromatic amines is 1. The molecule has 2 aromatic rings. The molecular formula is C18H22F3N3O. The summed E-state index contributed by atoms with van der Waals surface area (Å²) < 4.78 is 38.3. The third-order valence-corrected chi connectivity index (χ3v) is 4.76. The number of nitrogens with one attached hydrogen (secondary N) is 2. The number of aliphatic hydroxyl groups is 1. The largest absolute Gasteiger partial charge is 0.416 e. The normalized spacial score (nSPS) is 27.4.